The third kappa shape index (κ3) is 12.1. The van der Waals surface area contributed by atoms with Crippen molar-refractivity contribution < 1.29 is 29.1 Å². The van der Waals surface area contributed by atoms with Crippen molar-refractivity contribution in [2.45, 2.75) is 87.5 Å². The van der Waals surface area contributed by atoms with Crippen molar-refractivity contribution in [2.75, 3.05) is 19.6 Å². The largest absolute Gasteiger partial charge is 0.480 e. The highest BCUT2D eigenvalue weighted by atomic mass is 16.4. The van der Waals surface area contributed by atoms with Gasteiger partial charge in [-0.3, -0.25) is 24.0 Å². The Morgan fingerprint density at radius 1 is 0.824 bits per heavy atom. The van der Waals surface area contributed by atoms with Gasteiger partial charge in [0, 0.05) is 26.1 Å². The van der Waals surface area contributed by atoms with Gasteiger partial charge in [0.1, 0.15) is 23.7 Å². The zero-order chi connectivity index (χ0) is 37.0. The monoisotopic (exact) mass is 704 g/mol. The van der Waals surface area contributed by atoms with Gasteiger partial charge in [0.15, 0.2) is 0 Å². The van der Waals surface area contributed by atoms with Crippen molar-refractivity contribution in [3.8, 4) is 0 Å². The number of carboxylic acids is 1. The van der Waals surface area contributed by atoms with Crippen LogP contribution in [0.15, 0.2) is 73.1 Å². The van der Waals surface area contributed by atoms with Gasteiger partial charge in [0.05, 0.1) is 11.9 Å². The lowest BCUT2D eigenvalue weighted by Crippen LogP contribution is -2.60. The average Bonchev–Trinajstić information content (AvgIpc) is 3.93. The van der Waals surface area contributed by atoms with Crippen LogP contribution in [0, 0.1) is 5.92 Å². The van der Waals surface area contributed by atoms with Crippen LogP contribution >= 0.6 is 0 Å². The van der Waals surface area contributed by atoms with Gasteiger partial charge in [-0.15, -0.1) is 0 Å². The van der Waals surface area contributed by atoms with Crippen molar-refractivity contribution in [1.82, 2.24) is 26.2 Å². The van der Waals surface area contributed by atoms with E-state index in [4.69, 9.17) is 17.2 Å². The zero-order valence-corrected chi connectivity index (χ0v) is 29.0. The number of piperidine rings is 1. The second kappa shape index (κ2) is 18.3. The molecule has 0 spiro atoms. The minimum atomic E-state index is -1.42. The van der Waals surface area contributed by atoms with E-state index in [1.807, 2.05) is 60.7 Å². The molecule has 11 N–H and O–H groups in total. The molecule has 51 heavy (non-hydrogen) atoms. The lowest BCUT2D eigenvalue weighted by Gasteiger charge is -2.38. The van der Waals surface area contributed by atoms with E-state index in [1.54, 1.807) is 0 Å². The van der Waals surface area contributed by atoms with E-state index in [9.17, 15) is 29.1 Å². The van der Waals surface area contributed by atoms with Gasteiger partial charge >= 0.3 is 5.97 Å². The average molecular weight is 705 g/mol. The summed E-state index contributed by atoms with van der Waals surface area (Å²) in [4.78, 5) is 68.1. The van der Waals surface area contributed by atoms with Crippen molar-refractivity contribution in [3.63, 3.8) is 0 Å². The molecule has 1 saturated carbocycles. The molecule has 276 valence electrons. The number of aliphatic carboxylic acids is 1. The molecule has 2 aromatic carbocycles. The van der Waals surface area contributed by atoms with E-state index < -0.39 is 53.4 Å². The molecular formula is C37H52N8O6. The molecule has 0 aromatic heterocycles. The second-order valence-corrected chi connectivity index (χ2v) is 13.7. The summed E-state index contributed by atoms with van der Waals surface area (Å²) in [6, 6.07) is 14.7. The van der Waals surface area contributed by atoms with Gasteiger partial charge in [0.25, 0.3) is 0 Å². The van der Waals surface area contributed by atoms with Gasteiger partial charge in [-0.1, -0.05) is 80.1 Å². The second-order valence-electron chi connectivity index (χ2n) is 13.7. The summed E-state index contributed by atoms with van der Waals surface area (Å²) in [5, 5.41) is 21.0. The van der Waals surface area contributed by atoms with Gasteiger partial charge in [-0.05, 0) is 55.6 Å². The Morgan fingerprint density at radius 2 is 1.35 bits per heavy atom. The normalized spacial score (nSPS) is 17.6. The summed E-state index contributed by atoms with van der Waals surface area (Å²) >= 11 is 0. The van der Waals surface area contributed by atoms with E-state index in [2.05, 4.69) is 27.8 Å². The fourth-order valence-electron chi connectivity index (χ4n) is 6.13. The number of likely N-dealkylation sites (tertiary alicyclic amines) is 1. The van der Waals surface area contributed by atoms with E-state index in [0.717, 1.165) is 24.0 Å². The predicted octanol–water partition coefficient (Wildman–Crippen LogP) is 0.258. The molecule has 2 aliphatic rings. The van der Waals surface area contributed by atoms with E-state index in [-0.39, 0.29) is 62.8 Å². The topological polar surface area (TPSA) is 235 Å². The van der Waals surface area contributed by atoms with Crippen LogP contribution in [0.1, 0.15) is 56.1 Å². The number of nitrogens with two attached hydrogens (primary N) is 3. The van der Waals surface area contributed by atoms with Gasteiger partial charge < -0.3 is 48.5 Å². The van der Waals surface area contributed by atoms with Gasteiger partial charge in [-0.25, -0.2) is 0 Å². The lowest BCUT2D eigenvalue weighted by molar-refractivity contribution is -0.148. The first kappa shape index (κ1) is 38.8. The first-order chi connectivity index (χ1) is 24.3. The Bertz CT molecular complexity index is 1510. The Hall–Kier alpha value is -4.95. The minimum Gasteiger partial charge on any atom is -0.480 e. The number of hydrogen-bond donors (Lipinski definition) is 8. The number of rotatable bonds is 19. The first-order valence-electron chi connectivity index (χ1n) is 17.6. The summed E-state index contributed by atoms with van der Waals surface area (Å²) in [6.45, 7) is 4.28. The SMILES string of the molecule is C=C(N)NCCC[C@@H](NC(=O)[C@@H](CC1CC1)NC(=O)[C@@H](Cc1ccccc1)NC(=O)[C@H](N)Cc1ccccc1)C(=O)N1CCC(N)(C(=O)O)CC1. The number of carboxylic acid groups (broad SMARTS) is 1. The maximum Gasteiger partial charge on any atom is 0.323 e. The van der Waals surface area contributed by atoms with Crippen LogP contribution in [0.3, 0.4) is 0 Å². The summed E-state index contributed by atoms with van der Waals surface area (Å²) < 4.78 is 0. The number of benzene rings is 2. The minimum absolute atomic E-state index is 0.0766. The van der Waals surface area contributed by atoms with Gasteiger partial charge in [-0.2, -0.15) is 0 Å². The molecule has 0 bridgehead atoms. The van der Waals surface area contributed by atoms with Crippen molar-refractivity contribution >= 4 is 29.6 Å². The highest BCUT2D eigenvalue weighted by Crippen LogP contribution is 2.33. The highest BCUT2D eigenvalue weighted by Gasteiger charge is 2.41. The molecule has 1 aliphatic heterocycles. The quantitative estimate of drug-likeness (QED) is 0.0929. The van der Waals surface area contributed by atoms with Crippen LogP contribution < -0.4 is 38.5 Å². The number of hydrogen-bond acceptors (Lipinski definition) is 9. The fraction of sp³-hybridized carbons (Fsp3) is 0.486. The molecule has 1 heterocycles. The van der Waals surface area contributed by atoms with Crippen LogP contribution in [-0.4, -0.2) is 88.9 Å². The molecule has 14 nitrogen and oxygen atoms in total. The maximum atomic E-state index is 13.9. The molecule has 1 aliphatic carbocycles. The van der Waals surface area contributed by atoms with Crippen LogP contribution in [0.4, 0.5) is 0 Å². The summed E-state index contributed by atoms with van der Waals surface area (Å²) in [5.41, 5.74) is 18.2. The highest BCUT2D eigenvalue weighted by molar-refractivity contribution is 5.95. The Morgan fingerprint density at radius 3 is 1.90 bits per heavy atom. The standard InChI is InChI=1S/C37H52N8O6/c1-24(38)41-18-8-13-29(35(49)45-19-16-37(40,17-20-45)36(50)51)42-33(47)31(23-27-14-15-27)44-34(48)30(22-26-11-6-3-7-12-26)43-32(46)28(39)21-25-9-4-2-5-10-25/h2-7,9-12,27-31,41H,1,8,13-23,38-40H2,(H,42,47)(H,43,46)(H,44,48)(H,50,51)/t28-,29-,30-,31-/m1/s1. The summed E-state index contributed by atoms with van der Waals surface area (Å²) in [5.74, 6) is -2.54. The van der Waals surface area contributed by atoms with Crippen LogP contribution in [0.5, 0.6) is 0 Å². The maximum absolute atomic E-state index is 13.9. The van der Waals surface area contributed by atoms with E-state index in [0.29, 0.717) is 19.4 Å². The van der Waals surface area contributed by atoms with E-state index >= 15 is 0 Å². The lowest BCUT2D eigenvalue weighted by atomic mass is 9.88. The first-order valence-corrected chi connectivity index (χ1v) is 17.6. The molecule has 0 radical (unpaired) electrons. The van der Waals surface area contributed by atoms with Crippen LogP contribution in [-0.2, 0) is 36.8 Å². The van der Waals surface area contributed by atoms with Crippen molar-refractivity contribution in [2.24, 2.45) is 23.1 Å². The number of nitrogens with zero attached hydrogens (tertiary/aromatic N) is 1. The van der Waals surface area contributed by atoms with Crippen molar-refractivity contribution in [3.05, 3.63) is 84.2 Å². The number of amides is 4. The molecule has 4 atom stereocenters. The van der Waals surface area contributed by atoms with Crippen molar-refractivity contribution in [1.29, 1.82) is 0 Å². The molecule has 0 unspecified atom stereocenters. The Labute approximate surface area is 298 Å². The summed E-state index contributed by atoms with van der Waals surface area (Å²) in [7, 11) is 0. The Kier molecular flexibility index (Phi) is 14.0. The fourth-order valence-corrected chi connectivity index (χ4v) is 6.13. The molecule has 4 rings (SSSR count). The molecule has 2 fully saturated rings. The number of carbonyl (C=O) groups is 5. The van der Waals surface area contributed by atoms with E-state index in [1.165, 1.54) is 4.90 Å². The summed E-state index contributed by atoms with van der Waals surface area (Å²) in [6.07, 6.45) is 3.51. The third-order valence-electron chi connectivity index (χ3n) is 9.48. The smallest absolute Gasteiger partial charge is 0.323 e. The third-order valence-corrected chi connectivity index (χ3v) is 9.48. The molecule has 4 amide bonds. The molecule has 1 saturated heterocycles. The van der Waals surface area contributed by atoms with Crippen LogP contribution in [0.2, 0.25) is 0 Å². The van der Waals surface area contributed by atoms with Crippen LogP contribution in [0.25, 0.3) is 0 Å². The molecule has 2 aromatic rings. The molecule has 14 heteroatoms. The zero-order valence-electron chi connectivity index (χ0n) is 29.0. The Balaban J connectivity index is 1.48. The number of carbonyl (C=O) groups excluding carboxylic acids is 4. The van der Waals surface area contributed by atoms with Gasteiger partial charge in [0.2, 0.25) is 23.6 Å². The molecular weight excluding hydrogens is 652 g/mol. The number of nitrogens with one attached hydrogen (secondary N) is 4. The predicted molar refractivity (Wildman–Crippen MR) is 192 cm³/mol.